The molecule has 2 aliphatic rings. The second-order valence-electron chi connectivity index (χ2n) is 6.17. The van der Waals surface area contributed by atoms with Crippen molar-refractivity contribution in [1.82, 2.24) is 10.2 Å². The molecule has 1 N–H and O–H groups in total. The number of hydrogen-bond acceptors (Lipinski definition) is 5. The molecule has 0 aromatic heterocycles. The number of nitrogens with one attached hydrogen (secondary N) is 1. The fourth-order valence-electron chi connectivity index (χ4n) is 3.35. The van der Waals surface area contributed by atoms with Crippen LogP contribution in [-0.2, 0) is 9.59 Å². The van der Waals surface area contributed by atoms with Crippen LogP contribution in [0.2, 0.25) is 0 Å². The first-order valence-corrected chi connectivity index (χ1v) is 9.36. The molecule has 1 aromatic rings. The predicted octanol–water partition coefficient (Wildman–Crippen LogP) is 2.71. The predicted molar refractivity (Wildman–Crippen MR) is 103 cm³/mol. The van der Waals surface area contributed by atoms with E-state index in [0.29, 0.717) is 17.1 Å². The number of carbonyl (C=O) groups is 3. The van der Waals surface area contributed by atoms with Crippen LogP contribution >= 0.6 is 22.6 Å². The Morgan fingerprint density at radius 1 is 1.15 bits per heavy atom. The molecule has 8 heteroatoms. The summed E-state index contributed by atoms with van der Waals surface area (Å²) in [6, 6.07) is 2.69. The molecule has 7 nitrogen and oxygen atoms in total. The summed E-state index contributed by atoms with van der Waals surface area (Å²) in [6.45, 7) is 0. The zero-order chi connectivity index (χ0) is 18.8. The van der Waals surface area contributed by atoms with E-state index in [9.17, 15) is 14.4 Å². The highest BCUT2D eigenvalue weighted by Gasteiger charge is 2.40. The zero-order valence-electron chi connectivity index (χ0n) is 14.5. The summed E-state index contributed by atoms with van der Waals surface area (Å²) in [7, 11) is 3.06. The molecule has 0 spiro atoms. The van der Waals surface area contributed by atoms with Gasteiger partial charge in [-0.2, -0.15) is 0 Å². The van der Waals surface area contributed by atoms with Crippen molar-refractivity contribution in [2.45, 2.75) is 31.7 Å². The SMILES string of the molecule is COc1cc(/C=C2\C(=O)NC(=O)N(C3CCCC3)C2=O)cc(I)c1OC. The quantitative estimate of drug-likeness (QED) is 0.416. The van der Waals surface area contributed by atoms with Gasteiger partial charge < -0.3 is 9.47 Å². The Bertz CT molecular complexity index is 799. The van der Waals surface area contributed by atoms with Crippen LogP contribution in [0, 0.1) is 3.57 Å². The molecule has 0 bridgehead atoms. The summed E-state index contributed by atoms with van der Waals surface area (Å²) in [5.74, 6) is -0.148. The minimum Gasteiger partial charge on any atom is -0.493 e. The summed E-state index contributed by atoms with van der Waals surface area (Å²) in [4.78, 5) is 38.4. The fourth-order valence-corrected chi connectivity index (χ4v) is 4.20. The lowest BCUT2D eigenvalue weighted by molar-refractivity contribution is -0.131. The maximum Gasteiger partial charge on any atom is 0.331 e. The number of benzene rings is 1. The summed E-state index contributed by atoms with van der Waals surface area (Å²) in [5, 5.41) is 2.27. The molecule has 1 aliphatic carbocycles. The number of hydrogen-bond donors (Lipinski definition) is 1. The number of amides is 4. The van der Waals surface area contributed by atoms with E-state index < -0.39 is 17.8 Å². The first-order valence-electron chi connectivity index (χ1n) is 8.28. The third kappa shape index (κ3) is 3.42. The standard InChI is InChI=1S/C18H19IN2O5/c1-25-14-9-10(8-13(19)15(14)26-2)7-12-16(22)20-18(24)21(17(12)23)11-5-3-4-6-11/h7-9,11H,3-6H2,1-2H3,(H,20,22,24)/b12-7+. The number of methoxy groups -OCH3 is 2. The van der Waals surface area contributed by atoms with Gasteiger partial charge in [0.1, 0.15) is 5.57 Å². The van der Waals surface area contributed by atoms with E-state index in [2.05, 4.69) is 27.9 Å². The van der Waals surface area contributed by atoms with Gasteiger partial charge in [-0.05, 0) is 59.2 Å². The molecule has 1 aromatic carbocycles. The molecule has 3 rings (SSSR count). The summed E-state index contributed by atoms with van der Waals surface area (Å²) in [5.41, 5.74) is 0.561. The van der Waals surface area contributed by atoms with E-state index in [0.717, 1.165) is 29.3 Å². The first-order chi connectivity index (χ1) is 12.5. The molecule has 4 amide bonds. The van der Waals surface area contributed by atoms with Gasteiger partial charge in [0.25, 0.3) is 11.8 Å². The molecule has 0 atom stereocenters. The van der Waals surface area contributed by atoms with Gasteiger partial charge in [-0.25, -0.2) is 4.79 Å². The van der Waals surface area contributed by atoms with Gasteiger partial charge >= 0.3 is 6.03 Å². The molecule has 1 saturated carbocycles. The fraction of sp³-hybridized carbons (Fsp3) is 0.389. The lowest BCUT2D eigenvalue weighted by Crippen LogP contribution is -2.57. The van der Waals surface area contributed by atoms with Crippen molar-refractivity contribution in [3.8, 4) is 11.5 Å². The van der Waals surface area contributed by atoms with Crippen LogP contribution in [0.15, 0.2) is 17.7 Å². The van der Waals surface area contributed by atoms with Crippen molar-refractivity contribution in [1.29, 1.82) is 0 Å². The number of imide groups is 2. The van der Waals surface area contributed by atoms with Crippen molar-refractivity contribution < 1.29 is 23.9 Å². The highest BCUT2D eigenvalue weighted by Crippen LogP contribution is 2.34. The van der Waals surface area contributed by atoms with E-state index in [1.165, 1.54) is 18.1 Å². The van der Waals surface area contributed by atoms with E-state index in [1.807, 2.05) is 0 Å². The smallest absolute Gasteiger partial charge is 0.331 e. The summed E-state index contributed by atoms with van der Waals surface area (Å²) >= 11 is 2.09. The van der Waals surface area contributed by atoms with Gasteiger partial charge in [0.15, 0.2) is 11.5 Å². The number of barbiturate groups is 1. The van der Waals surface area contributed by atoms with Crippen LogP contribution in [-0.4, -0.2) is 43.0 Å². The third-order valence-corrected chi connectivity index (χ3v) is 5.39. The lowest BCUT2D eigenvalue weighted by Gasteiger charge is -2.31. The molecular weight excluding hydrogens is 451 g/mol. The second-order valence-corrected chi connectivity index (χ2v) is 7.33. The summed E-state index contributed by atoms with van der Waals surface area (Å²) in [6.07, 6.45) is 4.98. The van der Waals surface area contributed by atoms with Crippen molar-refractivity contribution >= 4 is 46.5 Å². The van der Waals surface area contributed by atoms with Gasteiger partial charge in [-0.1, -0.05) is 12.8 Å². The Morgan fingerprint density at radius 2 is 1.85 bits per heavy atom. The molecule has 0 radical (unpaired) electrons. The Morgan fingerprint density at radius 3 is 2.46 bits per heavy atom. The average Bonchev–Trinajstić information content (AvgIpc) is 3.12. The van der Waals surface area contributed by atoms with Gasteiger partial charge in [-0.15, -0.1) is 0 Å². The normalized spacial score (nSPS) is 19.9. The van der Waals surface area contributed by atoms with Crippen LogP contribution < -0.4 is 14.8 Å². The van der Waals surface area contributed by atoms with Crippen molar-refractivity contribution in [3.63, 3.8) is 0 Å². The maximum absolute atomic E-state index is 12.8. The van der Waals surface area contributed by atoms with Crippen LogP contribution in [0.4, 0.5) is 4.79 Å². The molecule has 26 heavy (non-hydrogen) atoms. The van der Waals surface area contributed by atoms with Crippen molar-refractivity contribution in [2.24, 2.45) is 0 Å². The Kier molecular flexibility index (Phi) is 5.49. The monoisotopic (exact) mass is 470 g/mol. The van der Waals surface area contributed by atoms with Crippen LogP contribution in [0.25, 0.3) is 6.08 Å². The van der Waals surface area contributed by atoms with Gasteiger partial charge in [-0.3, -0.25) is 19.8 Å². The number of nitrogens with zero attached hydrogens (tertiary/aromatic N) is 1. The van der Waals surface area contributed by atoms with Crippen molar-refractivity contribution in [2.75, 3.05) is 14.2 Å². The lowest BCUT2D eigenvalue weighted by atomic mass is 10.0. The molecule has 138 valence electrons. The van der Waals surface area contributed by atoms with Gasteiger partial charge in [0.2, 0.25) is 0 Å². The van der Waals surface area contributed by atoms with E-state index in [-0.39, 0.29) is 11.6 Å². The van der Waals surface area contributed by atoms with E-state index >= 15 is 0 Å². The molecule has 1 aliphatic heterocycles. The number of rotatable bonds is 4. The van der Waals surface area contributed by atoms with Crippen LogP contribution in [0.3, 0.4) is 0 Å². The topological polar surface area (TPSA) is 84.9 Å². The number of halogens is 1. The molecular formula is C18H19IN2O5. The first kappa shape index (κ1) is 18.7. The molecule has 1 heterocycles. The number of urea groups is 1. The number of carbonyl (C=O) groups excluding carboxylic acids is 3. The van der Waals surface area contributed by atoms with Gasteiger partial charge in [0, 0.05) is 6.04 Å². The molecule has 0 unspecified atom stereocenters. The number of ether oxygens (including phenoxy) is 2. The Balaban J connectivity index is 1.98. The third-order valence-electron chi connectivity index (χ3n) is 4.59. The van der Waals surface area contributed by atoms with Crippen LogP contribution in [0.5, 0.6) is 11.5 Å². The summed E-state index contributed by atoms with van der Waals surface area (Å²) < 4.78 is 11.4. The molecule has 2 fully saturated rings. The van der Waals surface area contributed by atoms with Crippen LogP contribution in [0.1, 0.15) is 31.2 Å². The minimum atomic E-state index is -0.681. The van der Waals surface area contributed by atoms with E-state index in [4.69, 9.17) is 9.47 Å². The zero-order valence-corrected chi connectivity index (χ0v) is 16.7. The maximum atomic E-state index is 12.8. The van der Waals surface area contributed by atoms with E-state index in [1.54, 1.807) is 19.2 Å². The Hall–Kier alpha value is -2.10. The molecule has 1 saturated heterocycles. The largest absolute Gasteiger partial charge is 0.493 e. The highest BCUT2D eigenvalue weighted by atomic mass is 127. The Labute approximate surface area is 164 Å². The van der Waals surface area contributed by atoms with Crippen molar-refractivity contribution in [3.05, 3.63) is 26.8 Å². The van der Waals surface area contributed by atoms with Gasteiger partial charge in [0.05, 0.1) is 17.8 Å². The minimum absolute atomic E-state index is 0.0560. The highest BCUT2D eigenvalue weighted by molar-refractivity contribution is 14.1. The average molecular weight is 470 g/mol. The second kappa shape index (κ2) is 7.65.